The maximum atomic E-state index is 5.48. The van der Waals surface area contributed by atoms with Crippen LogP contribution in [0.2, 0.25) is 0 Å². The van der Waals surface area contributed by atoms with Gasteiger partial charge >= 0.3 is 0 Å². The van der Waals surface area contributed by atoms with Crippen molar-refractivity contribution in [1.29, 1.82) is 0 Å². The molecule has 0 saturated heterocycles. The predicted molar refractivity (Wildman–Crippen MR) is 249 cm³/mol. The molecule has 5 heterocycles. The van der Waals surface area contributed by atoms with Crippen molar-refractivity contribution >= 4 is 57.7 Å². The third-order valence-corrected chi connectivity index (χ3v) is 11.3. The third-order valence-electron chi connectivity index (χ3n) is 11.3. The van der Waals surface area contributed by atoms with Crippen LogP contribution in [0, 0.1) is 13.8 Å². The van der Waals surface area contributed by atoms with Crippen LogP contribution in [-0.4, -0.2) is 62.2 Å². The number of nitrogens with one attached hydrogen (secondary N) is 2. The second-order valence-corrected chi connectivity index (χ2v) is 17.4. The van der Waals surface area contributed by atoms with Crippen LogP contribution in [0.15, 0.2) is 121 Å². The molecule has 8 heteroatoms. The molecule has 0 fully saturated rings. The lowest BCUT2D eigenvalue weighted by molar-refractivity contribution is -0.001000. The van der Waals surface area contributed by atoms with Gasteiger partial charge in [-0.3, -0.25) is 8.97 Å². The van der Waals surface area contributed by atoms with E-state index in [0.717, 1.165) is 98.3 Å². The summed E-state index contributed by atoms with van der Waals surface area (Å²) < 4.78 is 1.47. The lowest BCUT2D eigenvalue weighted by atomic mass is 10.0. The number of hydrogen-bond donors (Lipinski definition) is 2. The lowest BCUT2D eigenvalue weighted by Crippen LogP contribution is -3.00. The van der Waals surface area contributed by atoms with E-state index in [1.807, 2.05) is 0 Å². The highest BCUT2D eigenvalue weighted by Gasteiger charge is 2.21. The van der Waals surface area contributed by atoms with Crippen molar-refractivity contribution in [1.82, 2.24) is 28.9 Å². The minimum absolute atomic E-state index is 0. The van der Waals surface area contributed by atoms with E-state index in [-0.39, 0.29) is 48.0 Å². The Kier molecular flexibility index (Phi) is 12.0. The zero-order chi connectivity index (χ0) is 40.3. The van der Waals surface area contributed by atoms with Crippen LogP contribution in [0.4, 0.5) is 11.4 Å². The van der Waals surface area contributed by atoms with Gasteiger partial charge in [0.15, 0.2) is 0 Å². The molecule has 0 amide bonds. The summed E-state index contributed by atoms with van der Waals surface area (Å²) in [7, 11) is 13.2. The minimum atomic E-state index is 0. The van der Waals surface area contributed by atoms with Gasteiger partial charge in [-0.05, 0) is 133 Å². The fraction of sp³-hybridized carbons (Fsp3) is 0.154. The number of H-pyrrole nitrogens is 2. The van der Waals surface area contributed by atoms with Gasteiger partial charge in [0.2, 0.25) is 0 Å². The van der Waals surface area contributed by atoms with Crippen molar-refractivity contribution in [3.8, 4) is 44.5 Å². The first-order chi connectivity index (χ1) is 27.8. The molecule has 0 aliphatic carbocycles. The fourth-order valence-electron chi connectivity index (χ4n) is 8.01. The predicted octanol–water partition coefficient (Wildman–Crippen LogP) is 6.34. The van der Waals surface area contributed by atoms with Crippen molar-refractivity contribution in [2.45, 2.75) is 13.8 Å². The summed E-state index contributed by atoms with van der Waals surface area (Å²) in [6.07, 6.45) is 8.65. The van der Waals surface area contributed by atoms with Crippen molar-refractivity contribution in [2.75, 3.05) is 42.3 Å². The number of quaternary nitrogens is 2. The summed E-state index contributed by atoms with van der Waals surface area (Å²) in [5.74, 6) is 0. The van der Waals surface area contributed by atoms with E-state index >= 15 is 0 Å². The van der Waals surface area contributed by atoms with Crippen molar-refractivity contribution < 1.29 is 48.0 Å². The number of hydrogen-bond acceptors (Lipinski definition) is 2. The first-order valence-electron chi connectivity index (χ1n) is 20.0. The standard InChI is InChI=1S/C52H50N6.2HI/c1-33-9-13-35(14-10-33)49-41-25-26-42(53-41)50(36-15-11-34(2)12-16-36)44-28-30-46(55-44)52(38-19-23-40(24-20-38)58(6,7)8)48-32-31-47(56-48)51(45-29-27-43(49)54-45)37-17-21-39(22-18-37)57(3,4)5;;/h9-32,53,56H,1-8H3;2*1H/q+2;;/p-2. The Morgan fingerprint density at radius 3 is 0.800 bits per heavy atom. The Labute approximate surface area is 387 Å². The fourth-order valence-corrected chi connectivity index (χ4v) is 8.01. The first-order valence-corrected chi connectivity index (χ1v) is 20.0. The number of rotatable bonds is 6. The number of halogens is 2. The molecule has 0 spiro atoms. The Morgan fingerprint density at radius 1 is 0.333 bits per heavy atom. The van der Waals surface area contributed by atoms with E-state index < -0.39 is 0 Å². The monoisotopic (exact) mass is 1010 g/mol. The molecule has 2 N–H and O–H groups in total. The number of fused-ring (bicyclic) bond motifs is 8. The number of aromatic amines is 2. The van der Waals surface area contributed by atoms with E-state index in [0.29, 0.717) is 0 Å². The van der Waals surface area contributed by atoms with E-state index in [4.69, 9.17) is 9.97 Å². The number of aryl methyl sites for hydroxylation is 2. The van der Waals surface area contributed by atoms with Gasteiger partial charge in [0.25, 0.3) is 0 Å². The van der Waals surface area contributed by atoms with Gasteiger partial charge in [0.05, 0.1) is 65.1 Å². The highest BCUT2D eigenvalue weighted by atomic mass is 127. The van der Waals surface area contributed by atoms with Crippen LogP contribution in [-0.2, 0) is 0 Å². The Bertz CT molecular complexity index is 2740. The maximum absolute atomic E-state index is 5.48. The van der Waals surface area contributed by atoms with Gasteiger partial charge in [-0.25, -0.2) is 9.97 Å². The molecule has 4 aromatic carbocycles. The molecule has 0 radical (unpaired) electrons. The molecule has 7 aromatic rings. The summed E-state index contributed by atoms with van der Waals surface area (Å²) in [6, 6.07) is 44.1. The highest BCUT2D eigenvalue weighted by Crippen LogP contribution is 2.39. The van der Waals surface area contributed by atoms with Crippen LogP contribution in [0.5, 0.6) is 0 Å². The Morgan fingerprint density at radius 2 is 0.567 bits per heavy atom. The normalized spacial score (nSPS) is 12.3. The van der Waals surface area contributed by atoms with Crippen molar-refractivity contribution in [2.24, 2.45) is 0 Å². The molecule has 6 nitrogen and oxygen atoms in total. The molecule has 8 bridgehead atoms. The van der Waals surface area contributed by atoms with Crippen LogP contribution >= 0.6 is 0 Å². The molecule has 0 saturated carbocycles. The molecule has 9 rings (SSSR count). The number of benzene rings is 4. The van der Waals surface area contributed by atoms with Crippen LogP contribution in [0.3, 0.4) is 0 Å². The average Bonchev–Trinajstić information content (AvgIpc) is 4.04. The zero-order valence-corrected chi connectivity index (χ0v) is 39.7. The SMILES string of the molecule is Cc1ccc(-c2c3nc(c(-c4ccc([N+](C)(C)C)cc4)c4ccc([nH]4)c(-c4ccc([N+](C)(C)C)cc4)c4nc(c(-c5ccc(C)cc5)c5ccc2[nH]5)C=C4)C=C3)cc1.[I-].[I-]. The van der Waals surface area contributed by atoms with Crippen LogP contribution in [0.25, 0.3) is 90.9 Å². The molecular formula is C52H50I2N6. The second-order valence-electron chi connectivity index (χ2n) is 17.4. The quantitative estimate of drug-likeness (QED) is 0.151. The Balaban J connectivity index is 0.00000272. The van der Waals surface area contributed by atoms with Gasteiger partial charge < -0.3 is 57.9 Å². The number of aromatic nitrogens is 4. The van der Waals surface area contributed by atoms with E-state index in [2.05, 4.69) is 212 Å². The molecule has 60 heavy (non-hydrogen) atoms. The van der Waals surface area contributed by atoms with Gasteiger partial charge in [0.1, 0.15) is 11.4 Å². The molecule has 3 aromatic heterocycles. The second kappa shape index (κ2) is 16.7. The van der Waals surface area contributed by atoms with Gasteiger partial charge in [-0.2, -0.15) is 0 Å². The first kappa shape index (κ1) is 43.0. The smallest absolute Gasteiger partial charge is 0.132 e. The summed E-state index contributed by atoms with van der Waals surface area (Å²) >= 11 is 0. The molecule has 302 valence electrons. The highest BCUT2D eigenvalue weighted by molar-refractivity contribution is 6.00. The topological polar surface area (TPSA) is 57.4 Å². The van der Waals surface area contributed by atoms with Crippen molar-refractivity contribution in [3.63, 3.8) is 0 Å². The van der Waals surface area contributed by atoms with E-state index in [1.165, 1.54) is 22.5 Å². The van der Waals surface area contributed by atoms with E-state index in [9.17, 15) is 0 Å². The van der Waals surface area contributed by atoms with Gasteiger partial charge in [0, 0.05) is 44.3 Å². The van der Waals surface area contributed by atoms with Gasteiger partial charge in [-0.1, -0.05) is 59.7 Å². The summed E-state index contributed by atoms with van der Waals surface area (Å²) in [5, 5.41) is 0. The van der Waals surface area contributed by atoms with Crippen LogP contribution in [0.1, 0.15) is 33.9 Å². The molecule has 2 aliphatic heterocycles. The van der Waals surface area contributed by atoms with Crippen LogP contribution < -0.4 is 56.9 Å². The Hall–Kier alpha value is -5.14. The third kappa shape index (κ3) is 8.30. The molecule has 0 atom stereocenters. The van der Waals surface area contributed by atoms with E-state index in [1.54, 1.807) is 0 Å². The summed E-state index contributed by atoms with van der Waals surface area (Å²) in [4.78, 5) is 18.7. The lowest BCUT2D eigenvalue weighted by Gasteiger charge is -2.23. The van der Waals surface area contributed by atoms with Gasteiger partial charge in [-0.15, -0.1) is 0 Å². The van der Waals surface area contributed by atoms with Crippen molar-refractivity contribution in [3.05, 3.63) is 155 Å². The zero-order valence-electron chi connectivity index (χ0n) is 35.4. The molecule has 0 unspecified atom stereocenters. The largest absolute Gasteiger partial charge is 1.00 e. The average molecular weight is 1010 g/mol. The summed E-state index contributed by atoms with van der Waals surface area (Å²) in [6.45, 7) is 4.25. The summed E-state index contributed by atoms with van der Waals surface area (Å²) in [5.41, 5.74) is 21.0. The molecular weight excluding hydrogens is 962 g/mol. The maximum Gasteiger partial charge on any atom is 0.132 e. The molecule has 2 aliphatic rings. The minimum Gasteiger partial charge on any atom is -1.00 e. The number of nitrogens with zero attached hydrogens (tertiary/aromatic N) is 4.